The molecule has 6 nitrogen and oxygen atoms in total. The van der Waals surface area contributed by atoms with Gasteiger partial charge in [0.1, 0.15) is 12.2 Å². The van der Waals surface area contributed by atoms with Crippen LogP contribution in [-0.4, -0.2) is 65.0 Å². The van der Waals surface area contributed by atoms with Crippen molar-refractivity contribution in [3.05, 3.63) is 0 Å². The first kappa shape index (κ1) is 18.7. The number of alkyl halides is 1. The first-order chi connectivity index (χ1) is 11.2. The van der Waals surface area contributed by atoms with Gasteiger partial charge >= 0.3 is 0 Å². The Morgan fingerprint density at radius 1 is 1.33 bits per heavy atom. The van der Waals surface area contributed by atoms with E-state index in [1.807, 2.05) is 24.8 Å². The van der Waals surface area contributed by atoms with Crippen molar-refractivity contribution >= 4 is 11.8 Å². The minimum atomic E-state index is -1.13. The molecule has 0 spiro atoms. The first-order valence-corrected chi connectivity index (χ1v) is 8.61. The van der Waals surface area contributed by atoms with Gasteiger partial charge in [-0.25, -0.2) is 4.39 Å². The van der Waals surface area contributed by atoms with Crippen LogP contribution in [0, 0.1) is 11.3 Å². The summed E-state index contributed by atoms with van der Waals surface area (Å²) in [6, 6.07) is 1.56. The maximum Gasteiger partial charge on any atom is 0.237 e. The van der Waals surface area contributed by atoms with E-state index in [2.05, 4.69) is 12.2 Å². The van der Waals surface area contributed by atoms with E-state index < -0.39 is 17.8 Å². The highest BCUT2D eigenvalue weighted by molar-refractivity contribution is 5.80. The average Bonchev–Trinajstić information content (AvgIpc) is 3.10. The maximum atomic E-state index is 13.4. The Bertz CT molecular complexity index is 531. The SMILES string of the molecule is CC1CCCN1C(=O)CC(C)(C)NCC(=O)N1C[C@@H](F)C[C@H]1C#N. The minimum absolute atomic E-state index is 0.000728. The van der Waals surface area contributed by atoms with Gasteiger partial charge < -0.3 is 15.1 Å². The van der Waals surface area contributed by atoms with Crippen molar-refractivity contribution in [3.8, 4) is 6.07 Å². The molecule has 2 saturated heterocycles. The van der Waals surface area contributed by atoms with Crippen LogP contribution in [0.3, 0.4) is 0 Å². The minimum Gasteiger partial charge on any atom is -0.340 e. The molecule has 7 heteroatoms. The molecule has 0 bridgehead atoms. The summed E-state index contributed by atoms with van der Waals surface area (Å²) in [5.41, 5.74) is -0.536. The largest absolute Gasteiger partial charge is 0.340 e. The van der Waals surface area contributed by atoms with E-state index in [-0.39, 0.29) is 37.4 Å². The molecule has 2 rings (SSSR count). The third kappa shape index (κ3) is 4.44. The standard InChI is InChI=1S/C17H27FN4O2/c1-12-5-4-6-21(12)15(23)8-17(2,3)20-10-16(24)22-11-13(18)7-14(22)9-19/h12-14,20H,4-8,10-11H2,1-3H3/t12?,13-,14-/m0/s1. The molecule has 2 aliphatic rings. The predicted octanol–water partition coefficient (Wildman–Crippen LogP) is 1.22. The van der Waals surface area contributed by atoms with Gasteiger partial charge in [-0.05, 0) is 33.6 Å². The van der Waals surface area contributed by atoms with Crippen molar-refractivity contribution in [2.45, 2.75) is 70.2 Å². The summed E-state index contributed by atoms with van der Waals surface area (Å²) >= 11 is 0. The summed E-state index contributed by atoms with van der Waals surface area (Å²) in [6.45, 7) is 6.58. The number of nitrogens with zero attached hydrogens (tertiary/aromatic N) is 3. The molecule has 2 aliphatic heterocycles. The molecule has 2 heterocycles. The molecule has 0 aromatic rings. The van der Waals surface area contributed by atoms with E-state index in [4.69, 9.17) is 5.26 Å². The lowest BCUT2D eigenvalue weighted by molar-refractivity contribution is -0.134. The van der Waals surface area contributed by atoms with Crippen LogP contribution in [0.2, 0.25) is 0 Å². The van der Waals surface area contributed by atoms with Crippen LogP contribution in [-0.2, 0) is 9.59 Å². The molecule has 0 saturated carbocycles. The van der Waals surface area contributed by atoms with Crippen LogP contribution in [0.4, 0.5) is 4.39 Å². The van der Waals surface area contributed by atoms with E-state index >= 15 is 0 Å². The molecule has 134 valence electrons. The number of rotatable bonds is 5. The second-order valence-electron chi connectivity index (χ2n) is 7.52. The van der Waals surface area contributed by atoms with E-state index in [1.165, 1.54) is 4.90 Å². The molecule has 3 atom stereocenters. The van der Waals surface area contributed by atoms with Gasteiger partial charge in [-0.15, -0.1) is 0 Å². The zero-order valence-corrected chi connectivity index (χ0v) is 14.7. The third-order valence-corrected chi connectivity index (χ3v) is 4.90. The van der Waals surface area contributed by atoms with Crippen molar-refractivity contribution in [1.29, 1.82) is 5.26 Å². The Morgan fingerprint density at radius 2 is 2.04 bits per heavy atom. The highest BCUT2D eigenvalue weighted by Gasteiger charge is 2.36. The molecule has 1 unspecified atom stereocenters. The Labute approximate surface area is 143 Å². The van der Waals surface area contributed by atoms with Gasteiger partial charge in [0.2, 0.25) is 11.8 Å². The molecule has 0 aromatic heterocycles. The fourth-order valence-electron chi connectivity index (χ4n) is 3.45. The number of amides is 2. The van der Waals surface area contributed by atoms with Crippen LogP contribution in [0.5, 0.6) is 0 Å². The molecule has 0 radical (unpaired) electrons. The maximum absolute atomic E-state index is 13.4. The van der Waals surface area contributed by atoms with Crippen LogP contribution in [0.1, 0.15) is 46.5 Å². The van der Waals surface area contributed by atoms with Crippen molar-refractivity contribution in [2.75, 3.05) is 19.6 Å². The number of carbonyl (C=O) groups excluding carboxylic acids is 2. The van der Waals surface area contributed by atoms with Crippen molar-refractivity contribution in [3.63, 3.8) is 0 Å². The number of hydrogen-bond acceptors (Lipinski definition) is 4. The Morgan fingerprint density at radius 3 is 2.62 bits per heavy atom. The van der Waals surface area contributed by atoms with Gasteiger partial charge in [-0.2, -0.15) is 5.26 Å². The fraction of sp³-hybridized carbons (Fsp3) is 0.824. The second kappa shape index (κ2) is 7.47. The fourth-order valence-corrected chi connectivity index (χ4v) is 3.45. The van der Waals surface area contributed by atoms with Crippen LogP contribution in [0.25, 0.3) is 0 Å². The second-order valence-corrected chi connectivity index (χ2v) is 7.52. The molecule has 1 N–H and O–H groups in total. The highest BCUT2D eigenvalue weighted by Crippen LogP contribution is 2.22. The van der Waals surface area contributed by atoms with E-state index in [9.17, 15) is 14.0 Å². The molecular formula is C17H27FN4O2. The quantitative estimate of drug-likeness (QED) is 0.818. The molecular weight excluding hydrogens is 311 g/mol. The zero-order valence-electron chi connectivity index (χ0n) is 14.7. The number of halogens is 1. The number of hydrogen-bond donors (Lipinski definition) is 1. The number of carbonyl (C=O) groups is 2. The van der Waals surface area contributed by atoms with Crippen LogP contribution < -0.4 is 5.32 Å². The van der Waals surface area contributed by atoms with Gasteiger partial charge in [-0.1, -0.05) is 0 Å². The van der Waals surface area contributed by atoms with E-state index in [0.29, 0.717) is 6.42 Å². The summed E-state index contributed by atoms with van der Waals surface area (Å²) in [5, 5.41) is 12.1. The Balaban J connectivity index is 1.84. The van der Waals surface area contributed by atoms with Gasteiger partial charge in [-0.3, -0.25) is 9.59 Å². The number of nitriles is 1. The molecule has 2 fully saturated rings. The highest BCUT2D eigenvalue weighted by atomic mass is 19.1. The summed E-state index contributed by atoms with van der Waals surface area (Å²) in [4.78, 5) is 27.8. The van der Waals surface area contributed by atoms with Gasteiger partial charge in [0, 0.05) is 31.0 Å². The average molecular weight is 338 g/mol. The lowest BCUT2D eigenvalue weighted by Gasteiger charge is -2.30. The lowest BCUT2D eigenvalue weighted by atomic mass is 9.99. The van der Waals surface area contributed by atoms with Gasteiger partial charge in [0.25, 0.3) is 0 Å². The van der Waals surface area contributed by atoms with Gasteiger partial charge in [0.05, 0.1) is 19.2 Å². The molecule has 0 aliphatic carbocycles. The van der Waals surface area contributed by atoms with E-state index in [0.717, 1.165) is 19.4 Å². The lowest BCUT2D eigenvalue weighted by Crippen LogP contribution is -2.50. The number of nitrogens with one attached hydrogen (secondary N) is 1. The Hall–Kier alpha value is -1.68. The van der Waals surface area contributed by atoms with Crippen molar-refractivity contribution < 1.29 is 14.0 Å². The van der Waals surface area contributed by atoms with Crippen molar-refractivity contribution in [1.82, 2.24) is 15.1 Å². The topological polar surface area (TPSA) is 76.4 Å². The molecule has 0 aromatic carbocycles. The summed E-state index contributed by atoms with van der Waals surface area (Å²) < 4.78 is 13.4. The van der Waals surface area contributed by atoms with Crippen molar-refractivity contribution in [2.24, 2.45) is 0 Å². The number of likely N-dealkylation sites (tertiary alicyclic amines) is 2. The van der Waals surface area contributed by atoms with Crippen LogP contribution >= 0.6 is 0 Å². The normalized spacial score (nSPS) is 27.4. The molecule has 24 heavy (non-hydrogen) atoms. The zero-order chi connectivity index (χ0) is 17.9. The smallest absolute Gasteiger partial charge is 0.237 e. The Kier molecular flexibility index (Phi) is 5.81. The molecule has 2 amide bonds. The monoisotopic (exact) mass is 338 g/mol. The first-order valence-electron chi connectivity index (χ1n) is 8.61. The summed E-state index contributed by atoms with van der Waals surface area (Å²) in [7, 11) is 0. The third-order valence-electron chi connectivity index (χ3n) is 4.90. The predicted molar refractivity (Wildman–Crippen MR) is 87.7 cm³/mol. The summed E-state index contributed by atoms with van der Waals surface area (Å²) in [6.07, 6.45) is 1.32. The van der Waals surface area contributed by atoms with Crippen LogP contribution in [0.15, 0.2) is 0 Å². The van der Waals surface area contributed by atoms with Gasteiger partial charge in [0.15, 0.2) is 0 Å². The van der Waals surface area contributed by atoms with E-state index in [1.54, 1.807) is 0 Å². The summed E-state index contributed by atoms with van der Waals surface area (Å²) in [5.74, 6) is -0.207.